The van der Waals surface area contributed by atoms with Crippen LogP contribution in [0, 0.1) is 5.82 Å². The van der Waals surface area contributed by atoms with E-state index in [9.17, 15) is 9.18 Å². The molecule has 0 aromatic heterocycles. The largest absolute Gasteiger partial charge is 0.369 e. The summed E-state index contributed by atoms with van der Waals surface area (Å²) in [4.78, 5) is 15.7. The second-order valence-electron chi connectivity index (χ2n) is 5.84. The van der Waals surface area contributed by atoms with E-state index in [0.29, 0.717) is 6.42 Å². The van der Waals surface area contributed by atoms with E-state index in [1.54, 1.807) is 19.1 Å². The van der Waals surface area contributed by atoms with E-state index in [0.717, 1.165) is 38.4 Å². The number of rotatable bonds is 5. The van der Waals surface area contributed by atoms with Crippen molar-refractivity contribution in [3.8, 4) is 0 Å². The van der Waals surface area contributed by atoms with E-state index in [2.05, 4.69) is 9.80 Å². The molecule has 1 amide bonds. The predicted molar refractivity (Wildman–Crippen MR) is 81.5 cm³/mol. The standard InChI is InChI=1S/C15H23FN4O/c1-15(18,14(17)21)6-7-19-8-10-20(11-9-19)13-4-2-12(16)3-5-13/h2-5H,6-11,18H2,1H3,(H2,17,21). The van der Waals surface area contributed by atoms with Crippen molar-refractivity contribution in [2.45, 2.75) is 18.9 Å². The number of piperazine rings is 1. The van der Waals surface area contributed by atoms with Gasteiger partial charge in [-0.2, -0.15) is 0 Å². The van der Waals surface area contributed by atoms with Crippen molar-refractivity contribution in [3.05, 3.63) is 30.1 Å². The predicted octanol–water partition coefficient (Wildman–Crippen LogP) is 0.540. The number of amides is 1. The Balaban J connectivity index is 1.81. The van der Waals surface area contributed by atoms with Crippen LogP contribution in [0.3, 0.4) is 0 Å². The first-order chi connectivity index (χ1) is 9.88. The van der Waals surface area contributed by atoms with Gasteiger partial charge in [0.1, 0.15) is 5.82 Å². The first-order valence-corrected chi connectivity index (χ1v) is 7.20. The van der Waals surface area contributed by atoms with Crippen LogP contribution in [-0.4, -0.2) is 49.1 Å². The molecular weight excluding hydrogens is 271 g/mol. The van der Waals surface area contributed by atoms with Gasteiger partial charge in [0, 0.05) is 38.4 Å². The minimum absolute atomic E-state index is 0.217. The molecule has 116 valence electrons. The maximum absolute atomic E-state index is 12.9. The molecule has 0 radical (unpaired) electrons. The SMILES string of the molecule is CC(N)(CCN1CCN(c2ccc(F)cc2)CC1)C(N)=O. The van der Waals surface area contributed by atoms with Crippen molar-refractivity contribution < 1.29 is 9.18 Å². The van der Waals surface area contributed by atoms with Crippen molar-refractivity contribution in [2.75, 3.05) is 37.6 Å². The molecule has 1 unspecified atom stereocenters. The number of hydrogen-bond acceptors (Lipinski definition) is 4. The molecule has 1 aliphatic rings. The van der Waals surface area contributed by atoms with Crippen LogP contribution in [0.2, 0.25) is 0 Å². The van der Waals surface area contributed by atoms with Crippen LogP contribution in [0.25, 0.3) is 0 Å². The smallest absolute Gasteiger partial charge is 0.237 e. The van der Waals surface area contributed by atoms with Crippen molar-refractivity contribution in [3.63, 3.8) is 0 Å². The highest BCUT2D eigenvalue weighted by molar-refractivity contribution is 5.83. The molecule has 1 aromatic rings. The van der Waals surface area contributed by atoms with Gasteiger partial charge in [-0.15, -0.1) is 0 Å². The minimum atomic E-state index is -0.950. The number of benzene rings is 1. The molecule has 1 fully saturated rings. The molecule has 0 aliphatic carbocycles. The number of nitrogens with zero attached hydrogens (tertiary/aromatic N) is 2. The molecule has 0 bridgehead atoms. The summed E-state index contributed by atoms with van der Waals surface area (Å²) in [5, 5.41) is 0. The number of hydrogen-bond donors (Lipinski definition) is 2. The fourth-order valence-corrected chi connectivity index (χ4v) is 2.40. The molecule has 1 atom stereocenters. The lowest BCUT2D eigenvalue weighted by Crippen LogP contribution is -2.53. The Morgan fingerprint density at radius 3 is 2.33 bits per heavy atom. The third kappa shape index (κ3) is 4.15. The molecule has 21 heavy (non-hydrogen) atoms. The second-order valence-corrected chi connectivity index (χ2v) is 5.84. The molecule has 6 heteroatoms. The average molecular weight is 294 g/mol. The van der Waals surface area contributed by atoms with E-state index in [1.165, 1.54) is 12.1 Å². The molecule has 1 aromatic carbocycles. The van der Waals surface area contributed by atoms with Gasteiger partial charge < -0.3 is 16.4 Å². The van der Waals surface area contributed by atoms with Crippen LogP contribution < -0.4 is 16.4 Å². The molecule has 0 spiro atoms. The third-order valence-corrected chi connectivity index (χ3v) is 4.07. The van der Waals surface area contributed by atoms with E-state index < -0.39 is 11.4 Å². The zero-order valence-electron chi connectivity index (χ0n) is 12.4. The van der Waals surface area contributed by atoms with Crippen LogP contribution in [0.1, 0.15) is 13.3 Å². The summed E-state index contributed by atoms with van der Waals surface area (Å²) in [6, 6.07) is 6.56. The quantitative estimate of drug-likeness (QED) is 0.831. The molecular formula is C15H23FN4O. The zero-order chi connectivity index (χ0) is 15.5. The Labute approximate surface area is 124 Å². The lowest BCUT2D eigenvalue weighted by molar-refractivity contribution is -0.122. The number of anilines is 1. The van der Waals surface area contributed by atoms with Gasteiger partial charge in [-0.05, 0) is 37.6 Å². The van der Waals surface area contributed by atoms with Gasteiger partial charge in [-0.25, -0.2) is 4.39 Å². The highest BCUT2D eigenvalue weighted by atomic mass is 19.1. The fourth-order valence-electron chi connectivity index (χ4n) is 2.40. The highest BCUT2D eigenvalue weighted by Gasteiger charge is 2.27. The fraction of sp³-hybridized carbons (Fsp3) is 0.533. The van der Waals surface area contributed by atoms with Crippen LogP contribution in [0.15, 0.2) is 24.3 Å². The van der Waals surface area contributed by atoms with Gasteiger partial charge in [0.05, 0.1) is 5.54 Å². The highest BCUT2D eigenvalue weighted by Crippen LogP contribution is 2.17. The number of halogens is 1. The van der Waals surface area contributed by atoms with Crippen molar-refractivity contribution >= 4 is 11.6 Å². The van der Waals surface area contributed by atoms with Gasteiger partial charge in [-0.3, -0.25) is 9.69 Å². The Hall–Kier alpha value is -1.66. The molecule has 2 rings (SSSR count). The van der Waals surface area contributed by atoms with Gasteiger partial charge in [0.15, 0.2) is 0 Å². The molecule has 4 N–H and O–H groups in total. The monoisotopic (exact) mass is 294 g/mol. The van der Waals surface area contributed by atoms with E-state index in [-0.39, 0.29) is 5.82 Å². The van der Waals surface area contributed by atoms with Crippen LogP contribution in [0.5, 0.6) is 0 Å². The Morgan fingerprint density at radius 1 is 1.24 bits per heavy atom. The topological polar surface area (TPSA) is 75.6 Å². The summed E-state index contributed by atoms with van der Waals surface area (Å²) in [5.74, 6) is -0.682. The average Bonchev–Trinajstić information content (AvgIpc) is 2.46. The maximum atomic E-state index is 12.9. The molecule has 1 heterocycles. The number of primary amides is 1. The molecule has 1 saturated heterocycles. The van der Waals surface area contributed by atoms with Crippen molar-refractivity contribution in [1.29, 1.82) is 0 Å². The normalized spacial score (nSPS) is 19.3. The zero-order valence-corrected chi connectivity index (χ0v) is 12.4. The first kappa shape index (κ1) is 15.7. The Bertz CT molecular complexity index is 481. The van der Waals surface area contributed by atoms with Gasteiger partial charge >= 0.3 is 0 Å². The Morgan fingerprint density at radius 2 is 1.81 bits per heavy atom. The number of nitrogens with two attached hydrogens (primary N) is 2. The van der Waals surface area contributed by atoms with Gasteiger partial charge in [0.25, 0.3) is 0 Å². The summed E-state index contributed by atoms with van der Waals surface area (Å²) in [7, 11) is 0. The molecule has 5 nitrogen and oxygen atoms in total. The molecule has 1 aliphatic heterocycles. The van der Waals surface area contributed by atoms with E-state index >= 15 is 0 Å². The van der Waals surface area contributed by atoms with E-state index in [1.807, 2.05) is 0 Å². The summed E-state index contributed by atoms with van der Waals surface area (Å²) in [6.07, 6.45) is 0.554. The summed E-state index contributed by atoms with van der Waals surface area (Å²) in [5.41, 5.74) is 11.2. The van der Waals surface area contributed by atoms with Crippen LogP contribution in [-0.2, 0) is 4.79 Å². The lowest BCUT2D eigenvalue weighted by atomic mass is 9.98. The number of carbonyl (C=O) groups excluding carboxylic acids is 1. The van der Waals surface area contributed by atoms with Crippen molar-refractivity contribution in [2.24, 2.45) is 11.5 Å². The Kier molecular flexibility index (Phi) is 4.80. The van der Waals surface area contributed by atoms with Crippen LogP contribution >= 0.6 is 0 Å². The number of carbonyl (C=O) groups is 1. The van der Waals surface area contributed by atoms with Gasteiger partial charge in [-0.1, -0.05) is 0 Å². The summed E-state index contributed by atoms with van der Waals surface area (Å²) in [6.45, 7) is 5.97. The summed E-state index contributed by atoms with van der Waals surface area (Å²) < 4.78 is 12.9. The van der Waals surface area contributed by atoms with Gasteiger partial charge in [0.2, 0.25) is 5.91 Å². The lowest BCUT2D eigenvalue weighted by Gasteiger charge is -2.37. The van der Waals surface area contributed by atoms with Crippen LogP contribution in [0.4, 0.5) is 10.1 Å². The third-order valence-electron chi connectivity index (χ3n) is 4.07. The van der Waals surface area contributed by atoms with E-state index in [4.69, 9.17) is 11.5 Å². The first-order valence-electron chi connectivity index (χ1n) is 7.20. The second kappa shape index (κ2) is 6.41. The molecule has 0 saturated carbocycles. The van der Waals surface area contributed by atoms with Crippen molar-refractivity contribution in [1.82, 2.24) is 4.90 Å². The maximum Gasteiger partial charge on any atom is 0.237 e. The minimum Gasteiger partial charge on any atom is -0.369 e. The summed E-state index contributed by atoms with van der Waals surface area (Å²) >= 11 is 0.